The standard InChI is InChI=1S/C26H27N5O/c1-18-6-4-3-5-15-30(18)26(32)24-16-19(2)31-25(28-24)17-23(29-31)22-9-7-20(8-10-22)21-11-13-27-14-12-21/h7-14,16-18H,3-6,15H2,1-2H3. The van der Waals surface area contributed by atoms with Crippen molar-refractivity contribution in [2.24, 2.45) is 0 Å². The fourth-order valence-corrected chi connectivity index (χ4v) is 4.48. The molecule has 4 aromatic rings. The van der Waals surface area contributed by atoms with Crippen LogP contribution in [0.25, 0.3) is 28.0 Å². The summed E-state index contributed by atoms with van der Waals surface area (Å²) >= 11 is 0. The molecular weight excluding hydrogens is 398 g/mol. The summed E-state index contributed by atoms with van der Waals surface area (Å²) in [6.45, 7) is 4.92. The molecule has 0 aliphatic carbocycles. The molecule has 162 valence electrons. The van der Waals surface area contributed by atoms with Gasteiger partial charge in [0.1, 0.15) is 5.69 Å². The van der Waals surface area contributed by atoms with E-state index in [0.717, 1.165) is 47.5 Å². The van der Waals surface area contributed by atoms with Gasteiger partial charge in [0, 0.05) is 42.3 Å². The van der Waals surface area contributed by atoms with E-state index in [2.05, 4.69) is 41.2 Å². The van der Waals surface area contributed by atoms with Gasteiger partial charge in [0.05, 0.1) is 5.69 Å². The highest BCUT2D eigenvalue weighted by Crippen LogP contribution is 2.25. The number of fused-ring (bicyclic) bond motifs is 1. The summed E-state index contributed by atoms with van der Waals surface area (Å²) in [5.74, 6) is 0.0226. The maximum absolute atomic E-state index is 13.2. The molecule has 0 N–H and O–H groups in total. The number of benzene rings is 1. The van der Waals surface area contributed by atoms with Crippen LogP contribution in [-0.2, 0) is 0 Å². The highest BCUT2D eigenvalue weighted by atomic mass is 16.2. The van der Waals surface area contributed by atoms with Gasteiger partial charge in [0.2, 0.25) is 0 Å². The summed E-state index contributed by atoms with van der Waals surface area (Å²) < 4.78 is 1.81. The summed E-state index contributed by atoms with van der Waals surface area (Å²) in [5.41, 5.74) is 6.22. The maximum Gasteiger partial charge on any atom is 0.272 e. The normalized spacial score (nSPS) is 16.8. The Hall–Kier alpha value is -3.54. The number of carbonyl (C=O) groups is 1. The van der Waals surface area contributed by atoms with E-state index in [4.69, 9.17) is 5.10 Å². The molecule has 0 saturated carbocycles. The lowest BCUT2D eigenvalue weighted by Gasteiger charge is -2.26. The van der Waals surface area contributed by atoms with Gasteiger partial charge in [-0.3, -0.25) is 9.78 Å². The molecule has 6 nitrogen and oxygen atoms in total. The molecule has 1 amide bonds. The van der Waals surface area contributed by atoms with E-state index >= 15 is 0 Å². The monoisotopic (exact) mass is 425 g/mol. The fourth-order valence-electron chi connectivity index (χ4n) is 4.48. The van der Waals surface area contributed by atoms with Gasteiger partial charge in [-0.2, -0.15) is 5.10 Å². The molecule has 0 radical (unpaired) electrons. The number of aromatic nitrogens is 4. The van der Waals surface area contributed by atoms with Gasteiger partial charge in [0.25, 0.3) is 5.91 Å². The molecule has 4 heterocycles. The minimum absolute atomic E-state index is 0.0226. The molecule has 0 spiro atoms. The Balaban J connectivity index is 1.45. The number of hydrogen-bond acceptors (Lipinski definition) is 4. The van der Waals surface area contributed by atoms with Gasteiger partial charge in [-0.25, -0.2) is 9.50 Å². The number of likely N-dealkylation sites (tertiary alicyclic amines) is 1. The molecule has 3 aromatic heterocycles. The van der Waals surface area contributed by atoms with E-state index < -0.39 is 0 Å². The van der Waals surface area contributed by atoms with Crippen molar-refractivity contribution < 1.29 is 4.79 Å². The smallest absolute Gasteiger partial charge is 0.272 e. The van der Waals surface area contributed by atoms with Crippen LogP contribution in [0.1, 0.15) is 48.8 Å². The molecule has 32 heavy (non-hydrogen) atoms. The quantitative estimate of drug-likeness (QED) is 0.454. The van der Waals surface area contributed by atoms with Crippen LogP contribution in [0.15, 0.2) is 60.9 Å². The maximum atomic E-state index is 13.2. The Bertz CT molecular complexity index is 1250. The molecule has 1 unspecified atom stereocenters. The van der Waals surface area contributed by atoms with Crippen LogP contribution < -0.4 is 0 Å². The molecule has 1 atom stereocenters. The predicted octanol–water partition coefficient (Wildman–Crippen LogP) is 5.17. The minimum atomic E-state index is 0.0226. The second-order valence-electron chi connectivity index (χ2n) is 8.59. The Morgan fingerprint density at radius 2 is 1.66 bits per heavy atom. The van der Waals surface area contributed by atoms with Crippen molar-refractivity contribution in [2.45, 2.75) is 45.6 Å². The molecule has 6 heteroatoms. The van der Waals surface area contributed by atoms with Crippen LogP contribution in [0.2, 0.25) is 0 Å². The van der Waals surface area contributed by atoms with Crippen molar-refractivity contribution in [3.05, 3.63) is 72.3 Å². The van der Waals surface area contributed by atoms with E-state index in [1.807, 2.05) is 40.6 Å². The first-order chi connectivity index (χ1) is 15.6. The summed E-state index contributed by atoms with van der Waals surface area (Å²) in [6, 6.07) is 16.4. The van der Waals surface area contributed by atoms with Gasteiger partial charge in [0.15, 0.2) is 5.65 Å². The third-order valence-electron chi connectivity index (χ3n) is 6.33. The zero-order valence-electron chi connectivity index (χ0n) is 18.5. The van der Waals surface area contributed by atoms with Gasteiger partial charge in [-0.15, -0.1) is 0 Å². The lowest BCUT2D eigenvalue weighted by Crippen LogP contribution is -2.38. The molecular formula is C26H27N5O. The van der Waals surface area contributed by atoms with Gasteiger partial charge in [-0.1, -0.05) is 37.1 Å². The Labute approximate surface area is 187 Å². The van der Waals surface area contributed by atoms with Crippen molar-refractivity contribution in [3.63, 3.8) is 0 Å². The molecule has 5 rings (SSSR count). The van der Waals surface area contributed by atoms with Crippen LogP contribution in [-0.4, -0.2) is 43.0 Å². The van der Waals surface area contributed by atoms with Gasteiger partial charge >= 0.3 is 0 Å². The zero-order chi connectivity index (χ0) is 22.1. The van der Waals surface area contributed by atoms with E-state index in [-0.39, 0.29) is 11.9 Å². The largest absolute Gasteiger partial charge is 0.335 e. The van der Waals surface area contributed by atoms with Crippen LogP contribution in [0.5, 0.6) is 0 Å². The van der Waals surface area contributed by atoms with Crippen molar-refractivity contribution in [1.29, 1.82) is 0 Å². The van der Waals surface area contributed by atoms with Crippen molar-refractivity contribution in [3.8, 4) is 22.4 Å². The predicted molar refractivity (Wildman–Crippen MR) is 125 cm³/mol. The van der Waals surface area contributed by atoms with Crippen LogP contribution in [0.4, 0.5) is 0 Å². The van der Waals surface area contributed by atoms with E-state index in [9.17, 15) is 4.79 Å². The molecule has 1 saturated heterocycles. The molecule has 1 aromatic carbocycles. The first-order valence-electron chi connectivity index (χ1n) is 11.3. The third kappa shape index (κ3) is 3.88. The molecule has 1 aliphatic heterocycles. The zero-order valence-corrected chi connectivity index (χ0v) is 18.5. The number of aryl methyl sites for hydroxylation is 1. The number of carbonyl (C=O) groups excluding carboxylic acids is 1. The Morgan fingerprint density at radius 1 is 0.938 bits per heavy atom. The SMILES string of the molecule is Cc1cc(C(=O)N2CCCCCC2C)nc2cc(-c3ccc(-c4ccncc4)cc3)nn12. The molecule has 1 fully saturated rings. The minimum Gasteiger partial charge on any atom is -0.335 e. The highest BCUT2D eigenvalue weighted by Gasteiger charge is 2.25. The summed E-state index contributed by atoms with van der Waals surface area (Å²) in [6.07, 6.45) is 8.08. The molecule has 1 aliphatic rings. The topological polar surface area (TPSA) is 63.4 Å². The second kappa shape index (κ2) is 8.54. The molecule has 0 bridgehead atoms. The number of pyridine rings is 1. The van der Waals surface area contributed by atoms with Crippen LogP contribution in [0, 0.1) is 6.92 Å². The third-order valence-corrected chi connectivity index (χ3v) is 6.33. The van der Waals surface area contributed by atoms with Crippen molar-refractivity contribution in [2.75, 3.05) is 6.54 Å². The Kier molecular flexibility index (Phi) is 5.43. The number of hydrogen-bond donors (Lipinski definition) is 0. The summed E-state index contributed by atoms with van der Waals surface area (Å²) in [5, 5.41) is 4.75. The first-order valence-corrected chi connectivity index (χ1v) is 11.3. The van der Waals surface area contributed by atoms with E-state index in [1.165, 1.54) is 12.8 Å². The second-order valence-corrected chi connectivity index (χ2v) is 8.59. The van der Waals surface area contributed by atoms with E-state index in [1.54, 1.807) is 12.4 Å². The first kappa shape index (κ1) is 20.4. The van der Waals surface area contributed by atoms with Gasteiger partial charge in [-0.05, 0) is 56.0 Å². The van der Waals surface area contributed by atoms with Crippen LogP contribution in [0.3, 0.4) is 0 Å². The lowest BCUT2D eigenvalue weighted by molar-refractivity contribution is 0.0692. The van der Waals surface area contributed by atoms with Crippen molar-refractivity contribution in [1.82, 2.24) is 24.5 Å². The van der Waals surface area contributed by atoms with Crippen LogP contribution >= 0.6 is 0 Å². The number of rotatable bonds is 3. The lowest BCUT2D eigenvalue weighted by atomic mass is 10.0. The highest BCUT2D eigenvalue weighted by molar-refractivity contribution is 5.93. The number of amides is 1. The Morgan fingerprint density at radius 3 is 2.44 bits per heavy atom. The summed E-state index contributed by atoms with van der Waals surface area (Å²) in [7, 11) is 0. The fraction of sp³-hybridized carbons (Fsp3) is 0.308. The van der Waals surface area contributed by atoms with E-state index in [0.29, 0.717) is 11.3 Å². The number of nitrogens with zero attached hydrogens (tertiary/aromatic N) is 5. The van der Waals surface area contributed by atoms with Crippen molar-refractivity contribution >= 4 is 11.6 Å². The summed E-state index contributed by atoms with van der Waals surface area (Å²) in [4.78, 5) is 24.0. The average Bonchev–Trinajstić information content (AvgIpc) is 3.15. The average molecular weight is 426 g/mol. The van der Waals surface area contributed by atoms with Gasteiger partial charge < -0.3 is 4.90 Å².